The fourth-order valence-corrected chi connectivity index (χ4v) is 2.22. The van der Waals surface area contributed by atoms with E-state index < -0.39 is 6.10 Å². The minimum Gasteiger partial charge on any atom is -0.491 e. The van der Waals surface area contributed by atoms with Gasteiger partial charge in [-0.25, -0.2) is 4.39 Å². The summed E-state index contributed by atoms with van der Waals surface area (Å²) in [4.78, 5) is 1.13. The zero-order chi connectivity index (χ0) is 12.1. The summed E-state index contributed by atoms with van der Waals surface area (Å²) < 4.78 is 18.0. The van der Waals surface area contributed by atoms with E-state index in [4.69, 9.17) is 4.74 Å². The van der Waals surface area contributed by atoms with Crippen molar-refractivity contribution >= 4 is 11.3 Å². The van der Waals surface area contributed by atoms with Gasteiger partial charge in [0.25, 0.3) is 0 Å². The smallest absolute Gasteiger partial charge is 0.123 e. The highest BCUT2D eigenvalue weighted by Gasteiger charge is 2.07. The molecule has 0 spiro atoms. The van der Waals surface area contributed by atoms with E-state index in [1.807, 2.05) is 17.5 Å². The van der Waals surface area contributed by atoms with Crippen LogP contribution in [0.15, 0.2) is 41.8 Å². The Balaban J connectivity index is 1.79. The molecule has 1 aromatic carbocycles. The summed E-state index contributed by atoms with van der Waals surface area (Å²) in [6.45, 7) is 0.212. The molecular weight excluding hydrogens is 239 g/mol. The molecule has 0 saturated heterocycles. The minimum absolute atomic E-state index is 0.212. The first-order valence-corrected chi connectivity index (χ1v) is 6.21. The van der Waals surface area contributed by atoms with Crippen LogP contribution in [0.25, 0.3) is 0 Å². The first-order chi connectivity index (χ1) is 8.24. The van der Waals surface area contributed by atoms with Crippen molar-refractivity contribution in [1.82, 2.24) is 0 Å². The van der Waals surface area contributed by atoms with E-state index in [0.29, 0.717) is 12.2 Å². The van der Waals surface area contributed by atoms with Crippen molar-refractivity contribution < 1.29 is 14.2 Å². The standard InChI is InChI=1S/C13H13FO2S/c14-10-3-5-12(6-4-10)16-9-11(15)8-13-2-1-7-17-13/h1-7,11,15H,8-9H2. The van der Waals surface area contributed by atoms with Crippen LogP contribution in [0, 0.1) is 5.82 Å². The molecule has 4 heteroatoms. The maximum Gasteiger partial charge on any atom is 0.123 e. The number of benzene rings is 1. The van der Waals surface area contributed by atoms with Gasteiger partial charge in [0.2, 0.25) is 0 Å². The second-order valence-corrected chi connectivity index (χ2v) is 4.73. The van der Waals surface area contributed by atoms with Gasteiger partial charge in [0.15, 0.2) is 0 Å². The first kappa shape index (κ1) is 12.1. The van der Waals surface area contributed by atoms with Gasteiger partial charge in [-0.3, -0.25) is 0 Å². The van der Waals surface area contributed by atoms with E-state index in [0.717, 1.165) is 4.88 Å². The van der Waals surface area contributed by atoms with E-state index in [9.17, 15) is 9.50 Å². The monoisotopic (exact) mass is 252 g/mol. The molecule has 2 rings (SSSR count). The molecule has 2 aromatic rings. The average molecular weight is 252 g/mol. The number of aliphatic hydroxyl groups excluding tert-OH is 1. The second-order valence-electron chi connectivity index (χ2n) is 3.70. The molecule has 0 saturated carbocycles. The SMILES string of the molecule is OC(COc1ccc(F)cc1)Cc1cccs1. The number of rotatable bonds is 5. The Morgan fingerprint density at radius 1 is 1.24 bits per heavy atom. The van der Waals surface area contributed by atoms with Gasteiger partial charge in [-0.15, -0.1) is 11.3 Å². The Hall–Kier alpha value is -1.39. The maximum absolute atomic E-state index is 12.6. The quantitative estimate of drug-likeness (QED) is 0.886. The van der Waals surface area contributed by atoms with Crippen molar-refractivity contribution in [3.05, 3.63) is 52.5 Å². The van der Waals surface area contributed by atoms with Crippen molar-refractivity contribution in [1.29, 1.82) is 0 Å². The molecule has 1 heterocycles. The van der Waals surface area contributed by atoms with Gasteiger partial charge in [-0.1, -0.05) is 6.07 Å². The zero-order valence-corrected chi connectivity index (χ0v) is 9.99. The molecule has 1 aromatic heterocycles. The largest absolute Gasteiger partial charge is 0.491 e. The second kappa shape index (κ2) is 5.80. The summed E-state index contributed by atoms with van der Waals surface area (Å²) in [7, 11) is 0. The fourth-order valence-electron chi connectivity index (χ4n) is 1.44. The predicted octanol–water partition coefficient (Wildman–Crippen LogP) is 2.87. The van der Waals surface area contributed by atoms with Crippen molar-refractivity contribution in [3.8, 4) is 5.75 Å². The Kier molecular flexibility index (Phi) is 4.12. The van der Waals surface area contributed by atoms with Crippen LogP contribution in [-0.2, 0) is 6.42 Å². The summed E-state index contributed by atoms with van der Waals surface area (Å²) in [6, 6.07) is 9.70. The predicted molar refractivity (Wildman–Crippen MR) is 65.9 cm³/mol. The summed E-state index contributed by atoms with van der Waals surface area (Å²) in [5.74, 6) is 0.271. The van der Waals surface area contributed by atoms with Gasteiger partial charge in [-0.2, -0.15) is 0 Å². The Bertz CT molecular complexity index is 439. The highest BCUT2D eigenvalue weighted by atomic mass is 32.1. The lowest BCUT2D eigenvalue weighted by Gasteiger charge is -2.11. The average Bonchev–Trinajstić information content (AvgIpc) is 2.81. The Labute approximate surface area is 103 Å². The molecule has 0 aliphatic rings. The summed E-state index contributed by atoms with van der Waals surface area (Å²) in [6.07, 6.45) is 0.0393. The van der Waals surface area contributed by atoms with Crippen LogP contribution in [-0.4, -0.2) is 17.8 Å². The van der Waals surface area contributed by atoms with Crippen LogP contribution >= 0.6 is 11.3 Å². The van der Waals surface area contributed by atoms with E-state index in [2.05, 4.69) is 0 Å². The van der Waals surface area contributed by atoms with Crippen LogP contribution in [0.1, 0.15) is 4.88 Å². The van der Waals surface area contributed by atoms with Crippen LogP contribution in [0.4, 0.5) is 4.39 Å². The summed E-state index contributed by atoms with van der Waals surface area (Å²) >= 11 is 1.61. The number of hydrogen-bond acceptors (Lipinski definition) is 3. The molecule has 0 aliphatic carbocycles. The number of halogens is 1. The molecule has 90 valence electrons. The number of hydrogen-bond donors (Lipinski definition) is 1. The molecule has 1 unspecified atom stereocenters. The highest BCUT2D eigenvalue weighted by Crippen LogP contribution is 2.14. The van der Waals surface area contributed by atoms with Gasteiger partial charge in [0.1, 0.15) is 18.2 Å². The van der Waals surface area contributed by atoms with Crippen molar-refractivity contribution in [2.24, 2.45) is 0 Å². The lowest BCUT2D eigenvalue weighted by molar-refractivity contribution is 0.108. The van der Waals surface area contributed by atoms with Gasteiger partial charge < -0.3 is 9.84 Å². The topological polar surface area (TPSA) is 29.5 Å². The molecule has 17 heavy (non-hydrogen) atoms. The van der Waals surface area contributed by atoms with Gasteiger partial charge in [-0.05, 0) is 35.7 Å². The number of thiophene rings is 1. The summed E-state index contributed by atoms with van der Waals surface area (Å²) in [5.41, 5.74) is 0. The molecule has 1 N–H and O–H groups in total. The summed E-state index contributed by atoms with van der Waals surface area (Å²) in [5, 5.41) is 11.7. The molecule has 0 aliphatic heterocycles. The minimum atomic E-state index is -0.543. The maximum atomic E-state index is 12.6. The van der Waals surface area contributed by atoms with Crippen LogP contribution in [0.5, 0.6) is 5.75 Å². The molecule has 0 fully saturated rings. The van der Waals surface area contributed by atoms with E-state index in [1.54, 1.807) is 23.5 Å². The van der Waals surface area contributed by atoms with E-state index >= 15 is 0 Å². The number of aliphatic hydroxyl groups is 1. The van der Waals surface area contributed by atoms with E-state index in [1.165, 1.54) is 12.1 Å². The van der Waals surface area contributed by atoms with Crippen molar-refractivity contribution in [3.63, 3.8) is 0 Å². The van der Waals surface area contributed by atoms with Gasteiger partial charge >= 0.3 is 0 Å². The third kappa shape index (κ3) is 3.84. The van der Waals surface area contributed by atoms with Gasteiger partial charge in [0, 0.05) is 11.3 Å². The first-order valence-electron chi connectivity index (χ1n) is 5.33. The Morgan fingerprint density at radius 3 is 2.65 bits per heavy atom. The van der Waals surface area contributed by atoms with Crippen molar-refractivity contribution in [2.45, 2.75) is 12.5 Å². The number of ether oxygens (including phenoxy) is 1. The molecule has 2 nitrogen and oxygen atoms in total. The normalized spacial score (nSPS) is 12.4. The lowest BCUT2D eigenvalue weighted by Crippen LogP contribution is -2.19. The van der Waals surface area contributed by atoms with Crippen LogP contribution in [0.2, 0.25) is 0 Å². The van der Waals surface area contributed by atoms with Gasteiger partial charge in [0.05, 0.1) is 6.10 Å². The fraction of sp³-hybridized carbons (Fsp3) is 0.231. The highest BCUT2D eigenvalue weighted by molar-refractivity contribution is 7.09. The van der Waals surface area contributed by atoms with Crippen LogP contribution < -0.4 is 4.74 Å². The zero-order valence-electron chi connectivity index (χ0n) is 9.17. The molecule has 0 bridgehead atoms. The Morgan fingerprint density at radius 2 is 2.00 bits per heavy atom. The molecular formula is C13H13FO2S. The van der Waals surface area contributed by atoms with Crippen molar-refractivity contribution in [2.75, 3.05) is 6.61 Å². The lowest BCUT2D eigenvalue weighted by atomic mass is 10.2. The molecule has 1 atom stereocenters. The van der Waals surface area contributed by atoms with Crippen LogP contribution in [0.3, 0.4) is 0 Å². The van der Waals surface area contributed by atoms with E-state index in [-0.39, 0.29) is 12.4 Å². The third-order valence-corrected chi connectivity index (χ3v) is 3.17. The molecule has 0 amide bonds. The third-order valence-electron chi connectivity index (χ3n) is 2.27. The molecule has 0 radical (unpaired) electrons.